The van der Waals surface area contributed by atoms with Gasteiger partial charge in [0.05, 0.1) is 0 Å². The average Bonchev–Trinajstić information content (AvgIpc) is 2.01. The Morgan fingerprint density at radius 1 is 1.58 bits per heavy atom. The molecule has 0 saturated carbocycles. The van der Waals surface area contributed by atoms with Crippen molar-refractivity contribution in [2.75, 3.05) is 12.3 Å². The van der Waals surface area contributed by atoms with Crippen molar-refractivity contribution in [3.05, 3.63) is 12.3 Å². The molecule has 1 aromatic heterocycles. The van der Waals surface area contributed by atoms with E-state index < -0.39 is 13.0 Å². The summed E-state index contributed by atoms with van der Waals surface area (Å²) in [6, 6.07) is 1.31. The molecule has 0 amide bonds. The number of nitrogens with two attached hydrogens (primary N) is 1. The lowest BCUT2D eigenvalue weighted by Gasteiger charge is -2.02. The number of aromatic nitrogens is 2. The zero-order chi connectivity index (χ0) is 8.97. The van der Waals surface area contributed by atoms with Gasteiger partial charge < -0.3 is 10.5 Å². The third-order valence-electron chi connectivity index (χ3n) is 0.993. The summed E-state index contributed by atoms with van der Waals surface area (Å²) >= 11 is 0. The standard InChI is InChI=1S/C6H7F2N3O/c7-4(8)3-12-6-10-2-1-5(9)11-6/h1-2,4H,3H2,(H2,9,10,11). The van der Waals surface area contributed by atoms with E-state index in [2.05, 4.69) is 14.7 Å². The van der Waals surface area contributed by atoms with Crippen molar-refractivity contribution in [2.45, 2.75) is 6.43 Å². The Kier molecular flexibility index (Phi) is 2.73. The summed E-state index contributed by atoms with van der Waals surface area (Å²) < 4.78 is 27.7. The number of rotatable bonds is 3. The molecule has 0 spiro atoms. The van der Waals surface area contributed by atoms with Gasteiger partial charge in [-0.25, -0.2) is 13.8 Å². The third kappa shape index (κ3) is 2.65. The number of alkyl halides is 2. The van der Waals surface area contributed by atoms with E-state index in [0.717, 1.165) is 0 Å². The summed E-state index contributed by atoms with van der Waals surface area (Å²) in [6.45, 7) is -0.719. The highest BCUT2D eigenvalue weighted by Gasteiger charge is 2.04. The Morgan fingerprint density at radius 2 is 2.33 bits per heavy atom. The predicted octanol–water partition coefficient (Wildman–Crippen LogP) is 0.703. The molecule has 66 valence electrons. The van der Waals surface area contributed by atoms with Crippen molar-refractivity contribution in [1.29, 1.82) is 0 Å². The van der Waals surface area contributed by atoms with Gasteiger partial charge in [0, 0.05) is 6.20 Å². The summed E-state index contributed by atoms with van der Waals surface area (Å²) in [5.41, 5.74) is 5.25. The largest absolute Gasteiger partial charge is 0.457 e. The second kappa shape index (κ2) is 3.80. The van der Waals surface area contributed by atoms with Gasteiger partial charge in [0.2, 0.25) is 0 Å². The van der Waals surface area contributed by atoms with Crippen molar-refractivity contribution in [3.8, 4) is 6.01 Å². The first kappa shape index (κ1) is 8.63. The van der Waals surface area contributed by atoms with Crippen LogP contribution in [0.2, 0.25) is 0 Å². The van der Waals surface area contributed by atoms with Gasteiger partial charge >= 0.3 is 6.01 Å². The molecule has 0 radical (unpaired) electrons. The average molecular weight is 175 g/mol. The molecule has 6 heteroatoms. The van der Waals surface area contributed by atoms with Crippen LogP contribution in [0.15, 0.2) is 12.3 Å². The van der Waals surface area contributed by atoms with Crippen LogP contribution in [-0.4, -0.2) is 23.0 Å². The van der Waals surface area contributed by atoms with Crippen LogP contribution in [0.5, 0.6) is 6.01 Å². The van der Waals surface area contributed by atoms with Crippen LogP contribution < -0.4 is 10.5 Å². The summed E-state index contributed by atoms with van der Waals surface area (Å²) in [4.78, 5) is 7.12. The highest BCUT2D eigenvalue weighted by Crippen LogP contribution is 2.04. The van der Waals surface area contributed by atoms with Crippen LogP contribution in [0.1, 0.15) is 0 Å². The molecule has 1 rings (SSSR count). The Balaban J connectivity index is 2.52. The molecule has 0 saturated heterocycles. The SMILES string of the molecule is Nc1ccnc(OCC(F)F)n1. The van der Waals surface area contributed by atoms with Crippen LogP contribution in [-0.2, 0) is 0 Å². The second-order valence-electron chi connectivity index (χ2n) is 1.97. The molecule has 0 aliphatic heterocycles. The molecule has 4 nitrogen and oxygen atoms in total. The van der Waals surface area contributed by atoms with Crippen molar-refractivity contribution < 1.29 is 13.5 Å². The quantitative estimate of drug-likeness (QED) is 0.734. The summed E-state index contributed by atoms with van der Waals surface area (Å²) in [5, 5.41) is 0. The molecule has 2 N–H and O–H groups in total. The Bertz CT molecular complexity index is 256. The Morgan fingerprint density at radius 3 is 2.92 bits per heavy atom. The molecule has 0 atom stereocenters. The van der Waals surface area contributed by atoms with Gasteiger partial charge in [-0.15, -0.1) is 0 Å². The van der Waals surface area contributed by atoms with Crippen molar-refractivity contribution >= 4 is 5.82 Å². The second-order valence-corrected chi connectivity index (χ2v) is 1.97. The van der Waals surface area contributed by atoms with Crippen molar-refractivity contribution in [1.82, 2.24) is 9.97 Å². The first-order chi connectivity index (χ1) is 5.68. The zero-order valence-electron chi connectivity index (χ0n) is 6.08. The van der Waals surface area contributed by atoms with E-state index in [1.807, 2.05) is 0 Å². The van der Waals surface area contributed by atoms with E-state index in [0.29, 0.717) is 0 Å². The lowest BCUT2D eigenvalue weighted by molar-refractivity contribution is 0.0771. The highest BCUT2D eigenvalue weighted by atomic mass is 19.3. The monoisotopic (exact) mass is 175 g/mol. The molecule has 1 aromatic rings. The molecule has 1 heterocycles. The number of hydrogen-bond donors (Lipinski definition) is 1. The third-order valence-corrected chi connectivity index (χ3v) is 0.993. The fourth-order valence-electron chi connectivity index (χ4n) is 0.561. The van der Waals surface area contributed by atoms with E-state index in [-0.39, 0.29) is 11.8 Å². The number of ether oxygens (including phenoxy) is 1. The maximum Gasteiger partial charge on any atom is 0.318 e. The minimum Gasteiger partial charge on any atom is -0.457 e. The van der Waals surface area contributed by atoms with Crippen molar-refractivity contribution in [2.24, 2.45) is 0 Å². The smallest absolute Gasteiger partial charge is 0.318 e. The van der Waals surface area contributed by atoms with E-state index >= 15 is 0 Å². The van der Waals surface area contributed by atoms with Crippen LogP contribution >= 0.6 is 0 Å². The number of anilines is 1. The molecule has 0 unspecified atom stereocenters. The van der Waals surface area contributed by atoms with E-state index in [1.54, 1.807) is 0 Å². The van der Waals surface area contributed by atoms with Gasteiger partial charge in [-0.05, 0) is 6.07 Å². The molecular weight excluding hydrogens is 168 g/mol. The minimum atomic E-state index is -2.53. The topological polar surface area (TPSA) is 61.0 Å². The molecule has 0 fully saturated rings. The number of nitrogen functional groups attached to an aromatic ring is 1. The number of hydrogen-bond acceptors (Lipinski definition) is 4. The predicted molar refractivity (Wildman–Crippen MR) is 37.9 cm³/mol. The lowest BCUT2D eigenvalue weighted by Crippen LogP contribution is -2.09. The van der Waals surface area contributed by atoms with Gasteiger partial charge in [0.15, 0.2) is 6.61 Å². The minimum absolute atomic E-state index is 0.129. The van der Waals surface area contributed by atoms with Crippen LogP contribution in [0.4, 0.5) is 14.6 Å². The molecule has 0 bridgehead atoms. The highest BCUT2D eigenvalue weighted by molar-refractivity contribution is 5.26. The van der Waals surface area contributed by atoms with E-state index in [9.17, 15) is 8.78 Å². The summed E-state index contributed by atoms with van der Waals surface area (Å²) in [7, 11) is 0. The molecular formula is C6H7F2N3O. The summed E-state index contributed by atoms with van der Waals surface area (Å²) in [6.07, 6.45) is -1.20. The van der Waals surface area contributed by atoms with Crippen molar-refractivity contribution in [3.63, 3.8) is 0 Å². The molecule has 0 aliphatic carbocycles. The number of halogens is 2. The maximum atomic E-state index is 11.6. The normalized spacial score (nSPS) is 10.2. The van der Waals surface area contributed by atoms with Crippen LogP contribution in [0, 0.1) is 0 Å². The first-order valence-corrected chi connectivity index (χ1v) is 3.18. The fourth-order valence-corrected chi connectivity index (χ4v) is 0.561. The van der Waals surface area contributed by atoms with Gasteiger partial charge in [-0.1, -0.05) is 0 Å². The first-order valence-electron chi connectivity index (χ1n) is 3.18. The van der Waals surface area contributed by atoms with E-state index in [4.69, 9.17) is 5.73 Å². The maximum absolute atomic E-state index is 11.6. The fraction of sp³-hybridized carbons (Fsp3) is 0.333. The van der Waals surface area contributed by atoms with Crippen LogP contribution in [0.25, 0.3) is 0 Å². The lowest BCUT2D eigenvalue weighted by atomic mass is 10.6. The summed E-state index contributed by atoms with van der Waals surface area (Å²) in [5.74, 6) is 0.189. The molecule has 0 aromatic carbocycles. The molecule has 12 heavy (non-hydrogen) atoms. The Labute approximate surface area is 67.4 Å². The van der Waals surface area contributed by atoms with Crippen LogP contribution in [0.3, 0.4) is 0 Å². The van der Waals surface area contributed by atoms with Gasteiger partial charge in [-0.3, -0.25) is 0 Å². The number of nitrogens with zero attached hydrogens (tertiary/aromatic N) is 2. The van der Waals surface area contributed by atoms with E-state index in [1.165, 1.54) is 12.3 Å². The zero-order valence-corrected chi connectivity index (χ0v) is 6.08. The van der Waals surface area contributed by atoms with Gasteiger partial charge in [-0.2, -0.15) is 4.98 Å². The molecule has 0 aliphatic rings. The van der Waals surface area contributed by atoms with Gasteiger partial charge in [0.1, 0.15) is 5.82 Å². The Hall–Kier alpha value is -1.46. The van der Waals surface area contributed by atoms with Gasteiger partial charge in [0.25, 0.3) is 6.43 Å².